The van der Waals surface area contributed by atoms with Gasteiger partial charge in [-0.3, -0.25) is 4.79 Å². The van der Waals surface area contributed by atoms with Gasteiger partial charge in [-0.1, -0.05) is 23.3 Å². The van der Waals surface area contributed by atoms with E-state index in [9.17, 15) is 9.59 Å². The summed E-state index contributed by atoms with van der Waals surface area (Å²) in [7, 11) is -0.958. The second kappa shape index (κ2) is 11.5. The standard InChI is InChI=1S/C18H26BNO3.C14H19BO4/c1-12-6-9-14(16(21)20-11-13-7-8-13)10-15(12)19-22-17(2,3)18(4,5)23-19;1-9-6-7-10(12(16)17)8-11(9)15-18-13(2,3)14(4,5)19-15/h6,9-10,13H,7-8,11H2,1-5H3,(H,20,21);6-8H,1-5H3,(H,16,17). The topological polar surface area (TPSA) is 103 Å². The molecule has 0 radical (unpaired) electrons. The first-order valence-corrected chi connectivity index (χ1v) is 14.8. The van der Waals surface area contributed by atoms with Crippen LogP contribution in [0.5, 0.6) is 0 Å². The van der Waals surface area contributed by atoms with Gasteiger partial charge in [0.2, 0.25) is 0 Å². The molecule has 2 N–H and O–H groups in total. The normalized spacial score (nSPS) is 21.5. The lowest BCUT2D eigenvalue weighted by molar-refractivity contribution is 0.00578. The maximum Gasteiger partial charge on any atom is 0.495 e. The smallest absolute Gasteiger partial charge is 0.478 e. The van der Waals surface area contributed by atoms with Crippen molar-refractivity contribution in [1.29, 1.82) is 0 Å². The second-order valence-electron chi connectivity index (χ2n) is 13.8. The highest BCUT2D eigenvalue weighted by atomic mass is 16.7. The van der Waals surface area contributed by atoms with Crippen LogP contribution in [0.25, 0.3) is 0 Å². The van der Waals surface area contributed by atoms with Crippen molar-refractivity contribution < 1.29 is 33.3 Å². The molecule has 3 fully saturated rings. The van der Waals surface area contributed by atoms with Gasteiger partial charge in [-0.05, 0) is 123 Å². The van der Waals surface area contributed by atoms with Crippen molar-refractivity contribution in [2.45, 2.75) is 104 Å². The van der Waals surface area contributed by atoms with Crippen LogP contribution >= 0.6 is 0 Å². The van der Waals surface area contributed by atoms with E-state index < -0.39 is 31.4 Å². The summed E-state index contributed by atoms with van der Waals surface area (Å²) in [5.41, 5.74) is 3.04. The van der Waals surface area contributed by atoms with Gasteiger partial charge < -0.3 is 29.0 Å². The summed E-state index contributed by atoms with van der Waals surface area (Å²) in [6.45, 7) is 20.8. The largest absolute Gasteiger partial charge is 0.495 e. The fraction of sp³-hybridized carbons (Fsp3) is 0.562. The zero-order chi connectivity index (χ0) is 31.3. The first-order valence-electron chi connectivity index (χ1n) is 14.8. The van der Waals surface area contributed by atoms with Gasteiger partial charge in [0.25, 0.3) is 5.91 Å². The van der Waals surface area contributed by atoms with Crippen molar-refractivity contribution in [2.75, 3.05) is 6.54 Å². The van der Waals surface area contributed by atoms with Gasteiger partial charge in [0.05, 0.1) is 28.0 Å². The predicted octanol–water partition coefficient (Wildman–Crippen LogP) is 4.43. The summed E-state index contributed by atoms with van der Waals surface area (Å²) < 4.78 is 24.1. The van der Waals surface area contributed by atoms with Crippen LogP contribution in [0, 0.1) is 19.8 Å². The summed E-state index contributed by atoms with van der Waals surface area (Å²) >= 11 is 0. The van der Waals surface area contributed by atoms with E-state index in [4.69, 9.17) is 23.7 Å². The number of carboxylic acid groups (broad SMARTS) is 1. The van der Waals surface area contributed by atoms with Crippen molar-refractivity contribution in [1.82, 2.24) is 5.32 Å². The average molecular weight is 577 g/mol. The zero-order valence-corrected chi connectivity index (χ0v) is 26.7. The Balaban J connectivity index is 0.000000197. The SMILES string of the molecule is Cc1ccc(C(=O)NCC2CC2)cc1B1OC(C)(C)C(C)(C)O1.Cc1ccc(C(=O)O)cc1B1OC(C)(C)C(C)(C)O1. The molecular formula is C32H45B2NO7. The number of carbonyl (C=O) groups excluding carboxylic acids is 1. The molecule has 3 aliphatic rings. The number of carbonyl (C=O) groups is 2. The fourth-order valence-electron chi connectivity index (χ4n) is 4.66. The lowest BCUT2D eigenvalue weighted by Crippen LogP contribution is -2.41. The molecule has 1 aliphatic carbocycles. The molecule has 2 aliphatic heterocycles. The molecule has 2 saturated heterocycles. The number of amides is 1. The lowest BCUT2D eigenvalue weighted by atomic mass is 9.75. The van der Waals surface area contributed by atoms with Crippen LogP contribution in [0.4, 0.5) is 0 Å². The van der Waals surface area contributed by atoms with E-state index in [1.807, 2.05) is 87.4 Å². The number of benzene rings is 2. The maximum absolute atomic E-state index is 12.3. The Morgan fingerprint density at radius 1 is 0.738 bits per heavy atom. The summed E-state index contributed by atoms with van der Waals surface area (Å²) in [5, 5.41) is 12.1. The van der Waals surface area contributed by atoms with E-state index in [0.29, 0.717) is 11.5 Å². The van der Waals surface area contributed by atoms with E-state index in [2.05, 4.69) is 5.32 Å². The first-order chi connectivity index (χ1) is 19.3. The molecule has 2 aromatic rings. The van der Waals surface area contributed by atoms with Crippen LogP contribution in [0.3, 0.4) is 0 Å². The Morgan fingerprint density at radius 2 is 1.12 bits per heavy atom. The highest BCUT2D eigenvalue weighted by Gasteiger charge is 2.53. The average Bonchev–Trinajstić information content (AvgIpc) is 3.63. The van der Waals surface area contributed by atoms with Crippen LogP contribution in [0.1, 0.15) is 100 Å². The van der Waals surface area contributed by atoms with Gasteiger partial charge in [-0.15, -0.1) is 0 Å². The Kier molecular flexibility index (Phi) is 8.80. The molecule has 42 heavy (non-hydrogen) atoms. The molecule has 2 heterocycles. The number of hydrogen-bond donors (Lipinski definition) is 2. The highest BCUT2D eigenvalue weighted by molar-refractivity contribution is 6.63. The molecule has 1 amide bonds. The predicted molar refractivity (Wildman–Crippen MR) is 166 cm³/mol. The van der Waals surface area contributed by atoms with E-state index in [0.717, 1.165) is 28.6 Å². The van der Waals surface area contributed by atoms with Crippen molar-refractivity contribution in [3.05, 3.63) is 58.7 Å². The highest BCUT2D eigenvalue weighted by Crippen LogP contribution is 2.37. The molecule has 0 aromatic heterocycles. The number of nitrogens with one attached hydrogen (secondary N) is 1. The van der Waals surface area contributed by atoms with Gasteiger partial charge in [-0.2, -0.15) is 0 Å². The maximum atomic E-state index is 12.3. The zero-order valence-electron chi connectivity index (χ0n) is 26.7. The number of rotatable bonds is 6. The fourth-order valence-corrected chi connectivity index (χ4v) is 4.66. The van der Waals surface area contributed by atoms with Gasteiger partial charge in [-0.25, -0.2) is 4.79 Å². The minimum atomic E-state index is -0.947. The molecule has 8 nitrogen and oxygen atoms in total. The van der Waals surface area contributed by atoms with Crippen LogP contribution in [-0.2, 0) is 18.6 Å². The van der Waals surface area contributed by atoms with Crippen LogP contribution in [0.15, 0.2) is 36.4 Å². The molecule has 2 aromatic carbocycles. The lowest BCUT2D eigenvalue weighted by Gasteiger charge is -2.32. The van der Waals surface area contributed by atoms with Crippen LogP contribution < -0.4 is 16.2 Å². The Bertz CT molecular complexity index is 1320. The number of carboxylic acids is 1. The van der Waals surface area contributed by atoms with Crippen LogP contribution in [0.2, 0.25) is 0 Å². The number of hydrogen-bond acceptors (Lipinski definition) is 6. The Labute approximate surface area is 251 Å². The van der Waals surface area contributed by atoms with Crippen molar-refractivity contribution in [2.24, 2.45) is 5.92 Å². The summed E-state index contributed by atoms with van der Waals surface area (Å²) in [6, 6.07) is 10.7. The third kappa shape index (κ3) is 6.77. The third-order valence-electron chi connectivity index (χ3n) is 9.33. The van der Waals surface area contributed by atoms with E-state index in [1.54, 1.807) is 18.2 Å². The first kappa shape index (κ1) is 32.3. The minimum Gasteiger partial charge on any atom is -0.478 e. The van der Waals surface area contributed by atoms with Gasteiger partial charge >= 0.3 is 20.2 Å². The second-order valence-corrected chi connectivity index (χ2v) is 13.8. The third-order valence-corrected chi connectivity index (χ3v) is 9.33. The van der Waals surface area contributed by atoms with Gasteiger partial charge in [0.15, 0.2) is 0 Å². The molecule has 226 valence electrons. The minimum absolute atomic E-state index is 0.0188. The van der Waals surface area contributed by atoms with E-state index >= 15 is 0 Å². The molecule has 1 saturated carbocycles. The van der Waals surface area contributed by atoms with Crippen molar-refractivity contribution in [3.63, 3.8) is 0 Å². The van der Waals surface area contributed by atoms with E-state index in [1.165, 1.54) is 12.8 Å². The summed E-state index contributed by atoms with van der Waals surface area (Å²) in [5.74, 6) is -0.292. The molecule has 0 spiro atoms. The molecule has 10 heteroatoms. The van der Waals surface area contributed by atoms with Crippen molar-refractivity contribution in [3.8, 4) is 0 Å². The van der Waals surface area contributed by atoms with Gasteiger partial charge in [0.1, 0.15) is 0 Å². The van der Waals surface area contributed by atoms with E-state index in [-0.39, 0.29) is 22.7 Å². The molecular weight excluding hydrogens is 532 g/mol. The molecule has 0 bridgehead atoms. The van der Waals surface area contributed by atoms with Gasteiger partial charge in [0, 0.05) is 12.1 Å². The number of aromatic carboxylic acids is 1. The monoisotopic (exact) mass is 577 g/mol. The summed E-state index contributed by atoms with van der Waals surface area (Å²) in [4.78, 5) is 23.4. The molecule has 0 unspecified atom stereocenters. The van der Waals surface area contributed by atoms with Crippen molar-refractivity contribution >= 4 is 37.0 Å². The Morgan fingerprint density at radius 3 is 1.50 bits per heavy atom. The number of aryl methyl sites for hydroxylation is 2. The Hall–Kier alpha value is -2.65. The molecule has 0 atom stereocenters. The quantitative estimate of drug-likeness (QED) is 0.490. The van der Waals surface area contributed by atoms with Crippen LogP contribution in [-0.4, -0.2) is 60.2 Å². The summed E-state index contributed by atoms with van der Waals surface area (Å²) in [6.07, 6.45) is 2.46. The molecule has 5 rings (SSSR count).